The summed E-state index contributed by atoms with van der Waals surface area (Å²) in [6.45, 7) is 1.44. The number of fused-ring (bicyclic) bond motifs is 2. The van der Waals surface area contributed by atoms with E-state index in [9.17, 15) is 14.7 Å². The third-order valence-electron chi connectivity index (χ3n) is 6.74. The molecule has 0 fully saturated rings. The van der Waals surface area contributed by atoms with Crippen molar-refractivity contribution in [3.63, 3.8) is 0 Å². The van der Waals surface area contributed by atoms with Gasteiger partial charge in [-0.25, -0.2) is 0 Å². The quantitative estimate of drug-likeness (QED) is 0.346. The summed E-state index contributed by atoms with van der Waals surface area (Å²) in [4.78, 5) is 30.6. The largest absolute Gasteiger partial charge is 0.492 e. The average Bonchev–Trinajstić information content (AvgIpc) is 3.36. The summed E-state index contributed by atoms with van der Waals surface area (Å²) in [5, 5.41) is 18.4. The highest BCUT2D eigenvalue weighted by Crippen LogP contribution is 2.31. The van der Waals surface area contributed by atoms with Crippen molar-refractivity contribution in [2.75, 3.05) is 32.6 Å². The van der Waals surface area contributed by atoms with E-state index < -0.39 is 12.0 Å². The summed E-state index contributed by atoms with van der Waals surface area (Å²) in [7, 11) is 3.37. The summed E-state index contributed by atoms with van der Waals surface area (Å²) in [5.74, 6) is -0.422. The molecule has 2 N–H and O–H groups in total. The zero-order valence-electron chi connectivity index (χ0n) is 21.6. The third kappa shape index (κ3) is 5.32. The SMILES string of the molecule is CN(C)C(=O)c1cccc(C(CC(=O)O)n2ncc3c(OCCc4ccc5c(n4)CCCN5)cccc32)c1. The van der Waals surface area contributed by atoms with Crippen LogP contribution >= 0.6 is 0 Å². The van der Waals surface area contributed by atoms with Gasteiger partial charge in [0.2, 0.25) is 0 Å². The molecule has 0 radical (unpaired) electrons. The average molecular weight is 514 g/mol. The number of aliphatic carboxylic acids is 1. The summed E-state index contributed by atoms with van der Waals surface area (Å²) in [6, 6.07) is 16.3. The number of pyridine rings is 1. The molecule has 5 rings (SSSR count). The van der Waals surface area contributed by atoms with Gasteiger partial charge in [0.1, 0.15) is 5.75 Å². The number of amides is 1. The molecule has 0 aliphatic carbocycles. The van der Waals surface area contributed by atoms with Crippen molar-refractivity contribution in [2.45, 2.75) is 31.7 Å². The molecule has 1 amide bonds. The van der Waals surface area contributed by atoms with Crippen LogP contribution in [0.15, 0.2) is 60.8 Å². The Morgan fingerprint density at radius 1 is 1.16 bits per heavy atom. The van der Waals surface area contributed by atoms with Crippen LogP contribution in [0.5, 0.6) is 5.75 Å². The summed E-state index contributed by atoms with van der Waals surface area (Å²) < 4.78 is 7.85. The van der Waals surface area contributed by atoms with Crippen molar-refractivity contribution in [1.29, 1.82) is 0 Å². The lowest BCUT2D eigenvalue weighted by Crippen LogP contribution is -2.22. The molecule has 1 aliphatic heterocycles. The Morgan fingerprint density at radius 2 is 2.00 bits per heavy atom. The third-order valence-corrected chi connectivity index (χ3v) is 6.74. The number of rotatable bonds is 9. The first-order valence-corrected chi connectivity index (χ1v) is 12.8. The highest BCUT2D eigenvalue weighted by Gasteiger charge is 2.23. The first-order chi connectivity index (χ1) is 18.4. The Labute approximate surface area is 221 Å². The molecule has 38 heavy (non-hydrogen) atoms. The lowest BCUT2D eigenvalue weighted by atomic mass is 10.0. The van der Waals surface area contributed by atoms with Gasteiger partial charge < -0.3 is 20.1 Å². The molecule has 4 aromatic rings. The van der Waals surface area contributed by atoms with Crippen LogP contribution in [0.3, 0.4) is 0 Å². The van der Waals surface area contributed by atoms with Crippen molar-refractivity contribution in [1.82, 2.24) is 19.7 Å². The van der Waals surface area contributed by atoms with E-state index in [0.29, 0.717) is 29.9 Å². The van der Waals surface area contributed by atoms with Crippen LogP contribution in [0.2, 0.25) is 0 Å². The van der Waals surface area contributed by atoms with E-state index in [4.69, 9.17) is 9.72 Å². The molecule has 2 aromatic heterocycles. The van der Waals surface area contributed by atoms with E-state index in [1.54, 1.807) is 43.2 Å². The minimum absolute atomic E-state index is 0.147. The van der Waals surface area contributed by atoms with E-state index in [1.165, 1.54) is 4.90 Å². The fraction of sp³-hybridized carbons (Fsp3) is 0.310. The molecule has 196 valence electrons. The number of benzene rings is 2. The van der Waals surface area contributed by atoms with Crippen LogP contribution in [0, 0.1) is 0 Å². The van der Waals surface area contributed by atoms with Gasteiger partial charge in [0.15, 0.2) is 0 Å². The predicted molar refractivity (Wildman–Crippen MR) is 145 cm³/mol. The van der Waals surface area contributed by atoms with Gasteiger partial charge in [-0.1, -0.05) is 18.2 Å². The van der Waals surface area contributed by atoms with Crippen LogP contribution in [-0.4, -0.2) is 63.9 Å². The van der Waals surface area contributed by atoms with Crippen molar-refractivity contribution in [2.24, 2.45) is 0 Å². The van der Waals surface area contributed by atoms with Gasteiger partial charge in [-0.15, -0.1) is 0 Å². The Kier molecular flexibility index (Phi) is 7.26. The molecule has 3 heterocycles. The second-order valence-corrected chi connectivity index (χ2v) is 9.64. The van der Waals surface area contributed by atoms with Crippen molar-refractivity contribution in [3.8, 4) is 5.75 Å². The summed E-state index contributed by atoms with van der Waals surface area (Å²) in [6.07, 6.45) is 4.27. The van der Waals surface area contributed by atoms with Gasteiger partial charge in [-0.05, 0) is 54.8 Å². The van der Waals surface area contributed by atoms with Gasteiger partial charge >= 0.3 is 5.97 Å². The molecule has 0 bridgehead atoms. The highest BCUT2D eigenvalue weighted by atomic mass is 16.5. The number of nitrogens with one attached hydrogen (secondary N) is 1. The van der Waals surface area contributed by atoms with Crippen molar-refractivity contribution < 1.29 is 19.4 Å². The summed E-state index contributed by atoms with van der Waals surface area (Å²) >= 11 is 0. The topological polar surface area (TPSA) is 110 Å². The van der Waals surface area contributed by atoms with E-state index in [-0.39, 0.29) is 12.3 Å². The maximum Gasteiger partial charge on any atom is 0.305 e. The number of carbonyl (C=O) groups excluding carboxylic acids is 1. The Hall–Kier alpha value is -4.40. The minimum atomic E-state index is -0.955. The Balaban J connectivity index is 1.39. The number of aryl methyl sites for hydroxylation is 1. The smallest absolute Gasteiger partial charge is 0.305 e. The lowest BCUT2D eigenvalue weighted by Gasteiger charge is -2.19. The number of nitrogens with zero attached hydrogens (tertiary/aromatic N) is 4. The molecular formula is C29H31N5O4. The van der Waals surface area contributed by atoms with E-state index in [1.807, 2.05) is 30.3 Å². The summed E-state index contributed by atoms with van der Waals surface area (Å²) in [5.41, 5.74) is 5.17. The van der Waals surface area contributed by atoms with Crippen molar-refractivity contribution in [3.05, 3.63) is 83.3 Å². The number of carbonyl (C=O) groups is 2. The van der Waals surface area contributed by atoms with Gasteiger partial charge in [0.05, 0.1) is 47.6 Å². The number of aromatic nitrogens is 3. The second-order valence-electron chi connectivity index (χ2n) is 9.64. The lowest BCUT2D eigenvalue weighted by molar-refractivity contribution is -0.137. The zero-order chi connectivity index (χ0) is 26.6. The maximum atomic E-state index is 12.5. The molecule has 9 heteroatoms. The number of carboxylic acid groups (broad SMARTS) is 1. The Bertz CT molecular complexity index is 1480. The fourth-order valence-electron chi connectivity index (χ4n) is 4.85. The van der Waals surface area contributed by atoms with Gasteiger partial charge in [0.25, 0.3) is 5.91 Å². The maximum absolute atomic E-state index is 12.5. The minimum Gasteiger partial charge on any atom is -0.492 e. The van der Waals surface area contributed by atoms with Crippen LogP contribution in [0.1, 0.15) is 46.2 Å². The zero-order valence-corrected chi connectivity index (χ0v) is 21.6. The van der Waals surface area contributed by atoms with Gasteiger partial charge in [-0.2, -0.15) is 5.10 Å². The van der Waals surface area contributed by atoms with Crippen LogP contribution in [-0.2, 0) is 17.6 Å². The van der Waals surface area contributed by atoms with Crippen molar-refractivity contribution >= 4 is 28.5 Å². The molecule has 1 unspecified atom stereocenters. The molecule has 1 aliphatic rings. The predicted octanol–water partition coefficient (Wildman–Crippen LogP) is 4.18. The molecule has 0 saturated carbocycles. The highest BCUT2D eigenvalue weighted by molar-refractivity contribution is 5.94. The van der Waals surface area contributed by atoms with Gasteiger partial charge in [0, 0.05) is 38.3 Å². The fourth-order valence-corrected chi connectivity index (χ4v) is 4.85. The second kappa shape index (κ2) is 10.9. The molecular weight excluding hydrogens is 482 g/mol. The molecule has 2 aromatic carbocycles. The molecule has 1 atom stereocenters. The standard InChI is InChI=1S/C29H31N5O4/c1-33(2)29(37)20-7-3-6-19(16-20)26(17-28(35)36)34-25-9-4-10-27(22(25)18-31-34)38-15-13-21-11-12-23-24(32-21)8-5-14-30-23/h3-4,6-7,9-12,16,18,26,30H,5,8,13-15,17H2,1-2H3,(H,35,36). The first-order valence-electron chi connectivity index (χ1n) is 12.8. The Morgan fingerprint density at radius 3 is 2.82 bits per heavy atom. The number of ether oxygens (including phenoxy) is 1. The molecule has 0 saturated heterocycles. The number of anilines is 1. The van der Waals surface area contributed by atoms with Crippen LogP contribution < -0.4 is 10.1 Å². The number of hydrogen-bond donors (Lipinski definition) is 2. The molecule has 9 nitrogen and oxygen atoms in total. The van der Waals surface area contributed by atoms with Gasteiger partial charge in [-0.3, -0.25) is 19.3 Å². The van der Waals surface area contributed by atoms with E-state index in [2.05, 4.69) is 16.5 Å². The van der Waals surface area contributed by atoms with Crippen LogP contribution in [0.4, 0.5) is 5.69 Å². The number of carboxylic acids is 1. The van der Waals surface area contributed by atoms with E-state index >= 15 is 0 Å². The molecule has 0 spiro atoms. The van der Waals surface area contributed by atoms with E-state index in [0.717, 1.165) is 47.4 Å². The monoisotopic (exact) mass is 513 g/mol. The number of hydrogen-bond acceptors (Lipinski definition) is 6. The first kappa shape index (κ1) is 25.3. The normalized spacial score (nSPS) is 13.4. The van der Waals surface area contributed by atoms with Crippen LogP contribution in [0.25, 0.3) is 10.9 Å².